The Kier molecular flexibility index (Phi) is 4.87. The van der Waals surface area contributed by atoms with Gasteiger partial charge in [0.05, 0.1) is 18.8 Å². The first-order chi connectivity index (χ1) is 10.4. The molecule has 118 valence electrons. The average molecular weight is 313 g/mol. The molecule has 0 radical (unpaired) electrons. The SMILES string of the molecule is NC(=NCc1ccc(OC(F)(F)F)cc1)NCc1ccn[nH]1. The van der Waals surface area contributed by atoms with Crippen molar-refractivity contribution in [3.05, 3.63) is 47.8 Å². The van der Waals surface area contributed by atoms with E-state index < -0.39 is 6.36 Å². The normalized spacial score (nSPS) is 12.2. The number of nitrogens with two attached hydrogens (primary N) is 1. The second-order valence-electron chi connectivity index (χ2n) is 4.33. The van der Waals surface area contributed by atoms with Crippen LogP contribution in [0.25, 0.3) is 0 Å². The number of alkyl halides is 3. The average Bonchev–Trinajstić information content (AvgIpc) is 2.96. The lowest BCUT2D eigenvalue weighted by atomic mass is 10.2. The second kappa shape index (κ2) is 6.83. The largest absolute Gasteiger partial charge is 0.573 e. The van der Waals surface area contributed by atoms with Crippen LogP contribution in [0, 0.1) is 0 Å². The topological polar surface area (TPSA) is 88.3 Å². The summed E-state index contributed by atoms with van der Waals surface area (Å²) in [5, 5.41) is 9.43. The minimum Gasteiger partial charge on any atom is -0.406 e. The zero-order chi connectivity index (χ0) is 16.0. The lowest BCUT2D eigenvalue weighted by molar-refractivity contribution is -0.274. The number of aromatic nitrogens is 2. The number of ether oxygens (including phenoxy) is 1. The second-order valence-corrected chi connectivity index (χ2v) is 4.33. The van der Waals surface area contributed by atoms with E-state index >= 15 is 0 Å². The molecule has 4 N–H and O–H groups in total. The van der Waals surface area contributed by atoms with Crippen molar-refractivity contribution < 1.29 is 17.9 Å². The number of nitrogens with zero attached hydrogens (tertiary/aromatic N) is 2. The number of rotatable bonds is 5. The van der Waals surface area contributed by atoms with Crippen LogP contribution in [0.1, 0.15) is 11.3 Å². The Balaban J connectivity index is 1.83. The van der Waals surface area contributed by atoms with E-state index in [0.717, 1.165) is 5.69 Å². The fourth-order valence-corrected chi connectivity index (χ4v) is 1.60. The summed E-state index contributed by atoms with van der Waals surface area (Å²) in [7, 11) is 0. The highest BCUT2D eigenvalue weighted by Crippen LogP contribution is 2.22. The zero-order valence-electron chi connectivity index (χ0n) is 11.4. The van der Waals surface area contributed by atoms with Crippen LogP contribution in [0.3, 0.4) is 0 Å². The van der Waals surface area contributed by atoms with Gasteiger partial charge in [-0.25, -0.2) is 4.99 Å². The first-order valence-electron chi connectivity index (χ1n) is 6.29. The van der Waals surface area contributed by atoms with Gasteiger partial charge in [-0.1, -0.05) is 12.1 Å². The third-order valence-electron chi connectivity index (χ3n) is 2.61. The highest BCUT2D eigenvalue weighted by Gasteiger charge is 2.30. The van der Waals surface area contributed by atoms with Crippen LogP contribution in [0.15, 0.2) is 41.5 Å². The maximum atomic E-state index is 12.0. The molecule has 22 heavy (non-hydrogen) atoms. The summed E-state index contributed by atoms with van der Waals surface area (Å²) in [6.07, 6.45) is -3.07. The number of hydrogen-bond donors (Lipinski definition) is 3. The number of H-pyrrole nitrogens is 1. The van der Waals surface area contributed by atoms with Crippen molar-refractivity contribution in [1.29, 1.82) is 0 Å². The summed E-state index contributed by atoms with van der Waals surface area (Å²) < 4.78 is 39.8. The Bertz CT molecular complexity index is 608. The molecule has 0 aliphatic carbocycles. The van der Waals surface area contributed by atoms with E-state index in [4.69, 9.17) is 5.73 Å². The lowest BCUT2D eigenvalue weighted by Crippen LogP contribution is -2.31. The van der Waals surface area contributed by atoms with Gasteiger partial charge in [0.15, 0.2) is 5.96 Å². The van der Waals surface area contributed by atoms with Crippen molar-refractivity contribution in [3.8, 4) is 5.75 Å². The Morgan fingerprint density at radius 3 is 2.59 bits per heavy atom. The number of aromatic amines is 1. The van der Waals surface area contributed by atoms with Gasteiger partial charge in [-0.15, -0.1) is 13.2 Å². The molecule has 2 aromatic rings. The maximum Gasteiger partial charge on any atom is 0.573 e. The Morgan fingerprint density at radius 1 is 1.27 bits per heavy atom. The summed E-state index contributed by atoms with van der Waals surface area (Å²) in [5.74, 6) is -0.0456. The van der Waals surface area contributed by atoms with Gasteiger partial charge in [-0.05, 0) is 23.8 Å². The molecule has 6 nitrogen and oxygen atoms in total. The number of guanidine groups is 1. The van der Waals surface area contributed by atoms with E-state index in [0.29, 0.717) is 12.1 Å². The summed E-state index contributed by atoms with van der Waals surface area (Å²) >= 11 is 0. The van der Waals surface area contributed by atoms with Crippen LogP contribution in [-0.4, -0.2) is 22.5 Å². The van der Waals surface area contributed by atoms with Crippen molar-refractivity contribution >= 4 is 5.96 Å². The smallest absolute Gasteiger partial charge is 0.406 e. The van der Waals surface area contributed by atoms with E-state index in [-0.39, 0.29) is 18.3 Å². The van der Waals surface area contributed by atoms with E-state index in [1.54, 1.807) is 12.3 Å². The minimum atomic E-state index is -4.69. The molecule has 1 aromatic carbocycles. The molecule has 0 bridgehead atoms. The summed E-state index contributed by atoms with van der Waals surface area (Å²) in [5.41, 5.74) is 7.25. The molecule has 1 aromatic heterocycles. The monoisotopic (exact) mass is 313 g/mol. The van der Waals surface area contributed by atoms with Gasteiger partial charge in [-0.2, -0.15) is 5.10 Å². The zero-order valence-corrected chi connectivity index (χ0v) is 11.4. The third-order valence-corrected chi connectivity index (χ3v) is 2.61. The van der Waals surface area contributed by atoms with Crippen molar-refractivity contribution in [2.75, 3.05) is 0 Å². The van der Waals surface area contributed by atoms with E-state index in [1.807, 2.05) is 0 Å². The Hall–Kier alpha value is -2.71. The van der Waals surface area contributed by atoms with Gasteiger partial charge in [0.2, 0.25) is 0 Å². The molecule has 2 rings (SSSR count). The summed E-state index contributed by atoms with van der Waals surface area (Å²) in [6, 6.07) is 7.23. The third kappa shape index (κ3) is 5.35. The van der Waals surface area contributed by atoms with Crippen LogP contribution < -0.4 is 15.8 Å². The van der Waals surface area contributed by atoms with Crippen LogP contribution in [0.4, 0.5) is 13.2 Å². The number of nitrogens with one attached hydrogen (secondary N) is 2. The molecule has 0 saturated carbocycles. The van der Waals surface area contributed by atoms with Gasteiger partial charge < -0.3 is 15.8 Å². The van der Waals surface area contributed by atoms with Crippen LogP contribution in [0.5, 0.6) is 5.75 Å². The van der Waals surface area contributed by atoms with Crippen molar-refractivity contribution in [3.63, 3.8) is 0 Å². The van der Waals surface area contributed by atoms with Gasteiger partial charge >= 0.3 is 6.36 Å². The maximum absolute atomic E-state index is 12.0. The minimum absolute atomic E-state index is 0.227. The van der Waals surface area contributed by atoms with E-state index in [2.05, 4.69) is 25.2 Å². The Morgan fingerprint density at radius 2 is 2.00 bits per heavy atom. The first-order valence-corrected chi connectivity index (χ1v) is 6.29. The molecular formula is C13H14F3N5O. The molecule has 9 heteroatoms. The van der Waals surface area contributed by atoms with Crippen LogP contribution in [-0.2, 0) is 13.1 Å². The molecule has 0 fully saturated rings. The molecule has 0 aliphatic heterocycles. The van der Waals surface area contributed by atoms with Crippen molar-refractivity contribution in [2.24, 2.45) is 10.7 Å². The predicted molar refractivity (Wildman–Crippen MR) is 73.9 cm³/mol. The molecule has 0 saturated heterocycles. The number of aliphatic imine (C=N–C) groups is 1. The molecule has 0 amide bonds. The predicted octanol–water partition coefficient (Wildman–Crippen LogP) is 1.91. The standard InChI is InChI=1S/C13H14F3N5O/c14-13(15,16)22-11-3-1-9(2-4-11)7-18-12(17)19-8-10-5-6-20-21-10/h1-6H,7-8H2,(H,20,21)(H3,17,18,19). The summed E-state index contributed by atoms with van der Waals surface area (Å²) in [6.45, 7) is 0.696. The van der Waals surface area contributed by atoms with Crippen LogP contribution in [0.2, 0.25) is 0 Å². The molecular weight excluding hydrogens is 299 g/mol. The quantitative estimate of drug-likeness (QED) is 0.581. The highest BCUT2D eigenvalue weighted by atomic mass is 19.4. The van der Waals surface area contributed by atoms with Crippen molar-refractivity contribution in [2.45, 2.75) is 19.5 Å². The van der Waals surface area contributed by atoms with Gasteiger partial charge in [0.1, 0.15) is 5.75 Å². The molecule has 0 unspecified atom stereocenters. The highest BCUT2D eigenvalue weighted by molar-refractivity contribution is 5.77. The van der Waals surface area contributed by atoms with Gasteiger partial charge in [0, 0.05) is 6.20 Å². The molecule has 0 atom stereocenters. The van der Waals surface area contributed by atoms with Crippen molar-refractivity contribution in [1.82, 2.24) is 15.5 Å². The van der Waals surface area contributed by atoms with Crippen LogP contribution >= 0.6 is 0 Å². The molecule has 0 spiro atoms. The van der Waals surface area contributed by atoms with E-state index in [9.17, 15) is 13.2 Å². The lowest BCUT2D eigenvalue weighted by Gasteiger charge is -2.09. The fourth-order valence-electron chi connectivity index (χ4n) is 1.60. The first kappa shape index (κ1) is 15.7. The Labute approximate surface area is 124 Å². The number of hydrogen-bond acceptors (Lipinski definition) is 3. The summed E-state index contributed by atoms with van der Waals surface area (Å²) in [4.78, 5) is 4.08. The number of benzene rings is 1. The molecule has 1 heterocycles. The van der Waals surface area contributed by atoms with Gasteiger partial charge in [0.25, 0.3) is 0 Å². The number of halogens is 3. The molecule has 0 aliphatic rings. The van der Waals surface area contributed by atoms with Gasteiger partial charge in [-0.3, -0.25) is 5.10 Å². The fraction of sp³-hybridized carbons (Fsp3) is 0.231. The van der Waals surface area contributed by atoms with E-state index in [1.165, 1.54) is 24.3 Å².